The molecular formula is C20H24N6O. The molecule has 7 heteroatoms. The fourth-order valence-electron chi connectivity index (χ4n) is 3.09. The predicted octanol–water partition coefficient (Wildman–Crippen LogP) is 2.91. The van der Waals surface area contributed by atoms with Crippen LogP contribution in [0, 0.1) is 13.8 Å². The van der Waals surface area contributed by atoms with Gasteiger partial charge < -0.3 is 11.1 Å². The molecule has 3 N–H and O–H groups in total. The van der Waals surface area contributed by atoms with Crippen LogP contribution in [0.2, 0.25) is 0 Å². The first kappa shape index (κ1) is 18.6. The quantitative estimate of drug-likeness (QED) is 0.725. The number of anilines is 1. The molecule has 0 bridgehead atoms. The van der Waals surface area contributed by atoms with Crippen LogP contribution >= 0.6 is 0 Å². The van der Waals surface area contributed by atoms with E-state index in [1.54, 1.807) is 13.8 Å². The van der Waals surface area contributed by atoms with Gasteiger partial charge in [0.2, 0.25) is 5.95 Å². The monoisotopic (exact) mass is 364 g/mol. The standard InChI is InChI=1S/C20H24N6O/c1-12(2)18-15(11-26(25-18)16-8-6-5-7-9-16)10-22-19(27)17-13(3)23-20(21)24-14(17)4/h5-9,11-12H,10H2,1-4H3,(H,22,27)(H2,21,23,24). The van der Waals surface area contributed by atoms with Gasteiger partial charge in [0.05, 0.1) is 28.3 Å². The van der Waals surface area contributed by atoms with Crippen LogP contribution in [0.15, 0.2) is 36.5 Å². The lowest BCUT2D eigenvalue weighted by Crippen LogP contribution is -2.26. The van der Waals surface area contributed by atoms with Crippen molar-refractivity contribution in [3.05, 3.63) is 64.7 Å². The van der Waals surface area contributed by atoms with Gasteiger partial charge in [-0.1, -0.05) is 32.0 Å². The van der Waals surface area contributed by atoms with Crippen LogP contribution in [0.1, 0.15) is 52.8 Å². The summed E-state index contributed by atoms with van der Waals surface area (Å²) in [6.45, 7) is 8.07. The maximum Gasteiger partial charge on any atom is 0.255 e. The van der Waals surface area contributed by atoms with E-state index in [0.717, 1.165) is 16.9 Å². The molecule has 1 aromatic carbocycles. The van der Waals surface area contributed by atoms with E-state index in [-0.39, 0.29) is 17.8 Å². The summed E-state index contributed by atoms with van der Waals surface area (Å²) in [6, 6.07) is 9.91. The Bertz CT molecular complexity index is 939. The third-order valence-corrected chi connectivity index (χ3v) is 4.34. The predicted molar refractivity (Wildman–Crippen MR) is 105 cm³/mol. The summed E-state index contributed by atoms with van der Waals surface area (Å²) in [4.78, 5) is 20.8. The van der Waals surface area contributed by atoms with Gasteiger partial charge in [-0.05, 0) is 31.9 Å². The first-order valence-corrected chi connectivity index (χ1v) is 8.89. The number of aryl methyl sites for hydroxylation is 2. The normalized spacial score (nSPS) is 11.0. The number of nitrogen functional groups attached to an aromatic ring is 1. The molecule has 7 nitrogen and oxygen atoms in total. The Kier molecular flexibility index (Phi) is 5.21. The van der Waals surface area contributed by atoms with E-state index in [2.05, 4.69) is 29.1 Å². The number of aromatic nitrogens is 4. The highest BCUT2D eigenvalue weighted by atomic mass is 16.1. The Hall–Kier alpha value is -3.22. The van der Waals surface area contributed by atoms with Crippen molar-refractivity contribution in [2.45, 2.75) is 40.2 Å². The molecule has 2 aromatic heterocycles. The smallest absolute Gasteiger partial charge is 0.255 e. The number of nitrogens with one attached hydrogen (secondary N) is 1. The van der Waals surface area contributed by atoms with Gasteiger partial charge in [0.1, 0.15) is 0 Å². The van der Waals surface area contributed by atoms with Crippen LogP contribution in [0.5, 0.6) is 0 Å². The second kappa shape index (κ2) is 7.57. The van der Waals surface area contributed by atoms with Crippen molar-refractivity contribution in [3.63, 3.8) is 0 Å². The van der Waals surface area contributed by atoms with Crippen molar-refractivity contribution in [3.8, 4) is 5.69 Å². The Morgan fingerprint density at radius 1 is 1.15 bits per heavy atom. The number of nitrogens with zero attached hydrogens (tertiary/aromatic N) is 4. The third-order valence-electron chi connectivity index (χ3n) is 4.34. The summed E-state index contributed by atoms with van der Waals surface area (Å²) >= 11 is 0. The topological polar surface area (TPSA) is 98.7 Å². The Morgan fingerprint density at radius 2 is 1.78 bits per heavy atom. The Labute approximate surface area is 158 Å². The molecular weight excluding hydrogens is 340 g/mol. The Balaban J connectivity index is 1.84. The largest absolute Gasteiger partial charge is 0.368 e. The lowest BCUT2D eigenvalue weighted by molar-refractivity contribution is 0.0948. The van der Waals surface area contributed by atoms with Crippen molar-refractivity contribution >= 4 is 11.9 Å². The molecule has 2 heterocycles. The van der Waals surface area contributed by atoms with Gasteiger partial charge in [0.25, 0.3) is 5.91 Å². The minimum absolute atomic E-state index is 0.174. The fourth-order valence-corrected chi connectivity index (χ4v) is 3.09. The molecule has 0 spiro atoms. The average molecular weight is 364 g/mol. The molecule has 3 aromatic rings. The number of carbonyl (C=O) groups excluding carboxylic acids is 1. The molecule has 27 heavy (non-hydrogen) atoms. The third kappa shape index (κ3) is 3.97. The van der Waals surface area contributed by atoms with Crippen LogP contribution in [0.4, 0.5) is 5.95 Å². The summed E-state index contributed by atoms with van der Waals surface area (Å²) in [7, 11) is 0. The SMILES string of the molecule is Cc1nc(N)nc(C)c1C(=O)NCc1cn(-c2ccccc2)nc1C(C)C. The molecule has 1 amide bonds. The van der Waals surface area contributed by atoms with Crippen LogP contribution in [-0.4, -0.2) is 25.7 Å². The number of para-hydroxylation sites is 1. The van der Waals surface area contributed by atoms with E-state index in [1.807, 2.05) is 41.2 Å². The summed E-state index contributed by atoms with van der Waals surface area (Å²) < 4.78 is 1.85. The first-order chi connectivity index (χ1) is 12.9. The van der Waals surface area contributed by atoms with Crippen molar-refractivity contribution < 1.29 is 4.79 Å². The Morgan fingerprint density at radius 3 is 2.37 bits per heavy atom. The zero-order valence-electron chi connectivity index (χ0n) is 16.0. The molecule has 0 aliphatic rings. The maximum atomic E-state index is 12.7. The minimum atomic E-state index is -0.216. The number of benzene rings is 1. The number of carbonyl (C=O) groups is 1. The zero-order valence-corrected chi connectivity index (χ0v) is 16.0. The number of rotatable bonds is 5. The molecule has 0 atom stereocenters. The zero-order chi connectivity index (χ0) is 19.6. The van der Waals surface area contributed by atoms with E-state index >= 15 is 0 Å². The van der Waals surface area contributed by atoms with Gasteiger partial charge in [-0.15, -0.1) is 0 Å². The van der Waals surface area contributed by atoms with Crippen LogP contribution in [-0.2, 0) is 6.54 Å². The van der Waals surface area contributed by atoms with E-state index in [1.165, 1.54) is 0 Å². The van der Waals surface area contributed by atoms with Crippen LogP contribution < -0.4 is 11.1 Å². The van der Waals surface area contributed by atoms with E-state index in [9.17, 15) is 4.79 Å². The first-order valence-electron chi connectivity index (χ1n) is 8.89. The molecule has 0 saturated carbocycles. The second-order valence-corrected chi connectivity index (χ2v) is 6.78. The van der Waals surface area contributed by atoms with Gasteiger partial charge >= 0.3 is 0 Å². The molecule has 0 saturated heterocycles. The van der Waals surface area contributed by atoms with Gasteiger partial charge in [-0.25, -0.2) is 14.6 Å². The van der Waals surface area contributed by atoms with E-state index < -0.39 is 0 Å². The van der Waals surface area contributed by atoms with Crippen molar-refractivity contribution in [1.29, 1.82) is 0 Å². The second-order valence-electron chi connectivity index (χ2n) is 6.78. The van der Waals surface area contributed by atoms with Crippen LogP contribution in [0.3, 0.4) is 0 Å². The number of amides is 1. The van der Waals surface area contributed by atoms with Crippen molar-refractivity contribution in [1.82, 2.24) is 25.1 Å². The van der Waals surface area contributed by atoms with E-state index in [4.69, 9.17) is 10.8 Å². The number of nitrogens with two attached hydrogens (primary N) is 1. The molecule has 0 fully saturated rings. The van der Waals surface area contributed by atoms with Gasteiger partial charge in [-0.2, -0.15) is 5.10 Å². The highest BCUT2D eigenvalue weighted by Gasteiger charge is 2.18. The van der Waals surface area contributed by atoms with Crippen molar-refractivity contribution in [2.24, 2.45) is 0 Å². The minimum Gasteiger partial charge on any atom is -0.368 e. The lowest BCUT2D eigenvalue weighted by atomic mass is 10.1. The molecule has 3 rings (SSSR count). The molecule has 0 aliphatic heterocycles. The van der Waals surface area contributed by atoms with Gasteiger partial charge in [0.15, 0.2) is 0 Å². The summed E-state index contributed by atoms with van der Waals surface area (Å²) in [5.41, 5.74) is 10.2. The van der Waals surface area contributed by atoms with E-state index in [0.29, 0.717) is 23.5 Å². The maximum absolute atomic E-state index is 12.7. The molecule has 140 valence electrons. The van der Waals surface area contributed by atoms with Crippen molar-refractivity contribution in [2.75, 3.05) is 5.73 Å². The summed E-state index contributed by atoms with van der Waals surface area (Å²) in [6.07, 6.45) is 1.96. The highest BCUT2D eigenvalue weighted by molar-refractivity contribution is 5.96. The van der Waals surface area contributed by atoms with Gasteiger partial charge in [-0.3, -0.25) is 4.79 Å². The summed E-state index contributed by atoms with van der Waals surface area (Å²) in [5, 5.41) is 7.66. The fraction of sp³-hybridized carbons (Fsp3) is 0.300. The van der Waals surface area contributed by atoms with Gasteiger partial charge in [0, 0.05) is 18.3 Å². The summed E-state index contributed by atoms with van der Waals surface area (Å²) in [5.74, 6) is 0.199. The number of hydrogen-bond donors (Lipinski definition) is 2. The molecule has 0 aliphatic carbocycles. The molecule has 0 radical (unpaired) electrons. The number of hydrogen-bond acceptors (Lipinski definition) is 5. The molecule has 0 unspecified atom stereocenters. The average Bonchev–Trinajstić information content (AvgIpc) is 3.04. The highest BCUT2D eigenvalue weighted by Crippen LogP contribution is 2.20. The van der Waals surface area contributed by atoms with Crippen LogP contribution in [0.25, 0.3) is 5.69 Å². The lowest BCUT2D eigenvalue weighted by Gasteiger charge is -2.10.